The van der Waals surface area contributed by atoms with Gasteiger partial charge in [-0.1, -0.05) is 48.5 Å². The lowest BCUT2D eigenvalue weighted by atomic mass is 10.1. The molecule has 0 amide bonds. The molecule has 0 spiro atoms. The van der Waals surface area contributed by atoms with E-state index >= 15 is 0 Å². The van der Waals surface area contributed by atoms with E-state index in [1.165, 1.54) is 39.8 Å². The molecule has 0 radical (unpaired) electrons. The number of hydrogen-bond acceptors (Lipinski definition) is 0. The van der Waals surface area contributed by atoms with Gasteiger partial charge in [-0.25, -0.2) is 0 Å². The summed E-state index contributed by atoms with van der Waals surface area (Å²) in [5, 5.41) is 5.62. The Labute approximate surface area is 147 Å². The molecule has 0 aliphatic carbocycles. The lowest BCUT2D eigenvalue weighted by Gasteiger charge is -2.03. The minimum Gasteiger partial charge on any atom is -0.0616 e. The van der Waals surface area contributed by atoms with Crippen LogP contribution < -0.4 is 21.2 Å². The molecule has 0 nitrogen and oxygen atoms in total. The SMILES string of the molecule is Cc1ccc([I+]c2ccc(C)c3ccccc23)c2ccccc12. The molecule has 0 aromatic heterocycles. The molecule has 4 aromatic rings. The molecule has 0 fully saturated rings. The zero-order valence-electron chi connectivity index (χ0n) is 13.3. The first-order chi connectivity index (χ1) is 11.2. The Kier molecular flexibility index (Phi) is 3.82. The smallest absolute Gasteiger partial charge is 0.0616 e. The van der Waals surface area contributed by atoms with Crippen LogP contribution in [0.1, 0.15) is 11.1 Å². The normalized spacial score (nSPS) is 11.2. The Balaban J connectivity index is 1.89. The summed E-state index contributed by atoms with van der Waals surface area (Å²) in [7, 11) is 0. The molecule has 112 valence electrons. The first-order valence-corrected chi connectivity index (χ1v) is 10.0. The van der Waals surface area contributed by atoms with Gasteiger partial charge in [0, 0.05) is 10.8 Å². The van der Waals surface area contributed by atoms with Crippen molar-refractivity contribution in [2.45, 2.75) is 13.8 Å². The van der Waals surface area contributed by atoms with Crippen LogP contribution >= 0.6 is 0 Å². The van der Waals surface area contributed by atoms with Crippen LogP contribution in [-0.2, 0) is 0 Å². The number of rotatable bonds is 2. The van der Waals surface area contributed by atoms with Crippen molar-refractivity contribution in [1.29, 1.82) is 0 Å². The van der Waals surface area contributed by atoms with E-state index < -0.39 is 0 Å². The van der Waals surface area contributed by atoms with Crippen molar-refractivity contribution in [1.82, 2.24) is 0 Å². The van der Waals surface area contributed by atoms with Crippen molar-refractivity contribution in [3.05, 3.63) is 91.1 Å². The van der Waals surface area contributed by atoms with Crippen molar-refractivity contribution >= 4 is 21.5 Å². The number of aryl methyl sites for hydroxylation is 2. The quantitative estimate of drug-likeness (QED) is 0.447. The van der Waals surface area contributed by atoms with Gasteiger partial charge in [0.15, 0.2) is 0 Å². The molecule has 4 aromatic carbocycles. The van der Waals surface area contributed by atoms with E-state index in [1.54, 1.807) is 0 Å². The Morgan fingerprint density at radius 2 is 0.870 bits per heavy atom. The Hall–Kier alpha value is -1.87. The average molecular weight is 409 g/mol. The number of fused-ring (bicyclic) bond motifs is 2. The van der Waals surface area contributed by atoms with Crippen LogP contribution in [0.25, 0.3) is 21.5 Å². The third-order valence-corrected chi connectivity index (χ3v) is 7.42. The predicted octanol–water partition coefficient (Wildman–Crippen LogP) is 2.74. The highest BCUT2D eigenvalue weighted by molar-refractivity contribution is 5.86. The summed E-state index contributed by atoms with van der Waals surface area (Å²) in [6, 6.07) is 26.8. The van der Waals surface area contributed by atoms with Crippen molar-refractivity contribution in [2.75, 3.05) is 0 Å². The number of benzene rings is 4. The van der Waals surface area contributed by atoms with Gasteiger partial charge < -0.3 is 0 Å². The summed E-state index contributed by atoms with van der Waals surface area (Å²) in [6.45, 7) is 4.40. The second-order valence-corrected chi connectivity index (χ2v) is 8.78. The van der Waals surface area contributed by atoms with Crippen LogP contribution in [0.3, 0.4) is 0 Å². The van der Waals surface area contributed by atoms with Gasteiger partial charge in [0.1, 0.15) is 0 Å². The maximum atomic E-state index is 2.33. The summed E-state index contributed by atoms with van der Waals surface area (Å²) in [5.74, 6) is 0. The molecule has 0 N–H and O–H groups in total. The summed E-state index contributed by atoms with van der Waals surface area (Å²) in [4.78, 5) is 0. The average Bonchev–Trinajstić information content (AvgIpc) is 2.60. The fourth-order valence-electron chi connectivity index (χ4n) is 3.10. The van der Waals surface area contributed by atoms with Gasteiger partial charge in [-0.3, -0.25) is 0 Å². The van der Waals surface area contributed by atoms with Gasteiger partial charge in [0.2, 0.25) is 7.14 Å². The molecule has 0 saturated heterocycles. The van der Waals surface area contributed by atoms with Gasteiger partial charge in [-0.05, 0) is 60.0 Å². The topological polar surface area (TPSA) is 0 Å². The first-order valence-electron chi connectivity index (χ1n) is 7.85. The van der Waals surface area contributed by atoms with Gasteiger partial charge in [0.25, 0.3) is 0 Å². The highest BCUT2D eigenvalue weighted by atomic mass is 127. The van der Waals surface area contributed by atoms with E-state index in [0.717, 1.165) is 0 Å². The fourth-order valence-corrected chi connectivity index (χ4v) is 5.97. The molecular formula is C22H18I+. The van der Waals surface area contributed by atoms with E-state index in [0.29, 0.717) is 0 Å². The highest BCUT2D eigenvalue weighted by Crippen LogP contribution is 2.19. The molecular weight excluding hydrogens is 391 g/mol. The summed E-state index contributed by atoms with van der Waals surface area (Å²) in [5.41, 5.74) is 2.73. The Bertz CT molecular complexity index is 931. The zero-order valence-corrected chi connectivity index (χ0v) is 15.5. The lowest BCUT2D eigenvalue weighted by molar-refractivity contribution is -0.592. The molecule has 23 heavy (non-hydrogen) atoms. The summed E-state index contributed by atoms with van der Waals surface area (Å²) < 4.78 is 3.03. The molecule has 0 bridgehead atoms. The largest absolute Gasteiger partial charge is 0.359 e. The van der Waals surface area contributed by atoms with E-state index in [9.17, 15) is 0 Å². The van der Waals surface area contributed by atoms with Crippen LogP contribution in [0.5, 0.6) is 0 Å². The zero-order chi connectivity index (χ0) is 15.8. The monoisotopic (exact) mass is 409 g/mol. The maximum absolute atomic E-state index is 2.33. The van der Waals surface area contributed by atoms with Crippen LogP contribution in [-0.4, -0.2) is 0 Å². The molecule has 1 heteroatoms. The third-order valence-electron chi connectivity index (χ3n) is 4.38. The number of hydrogen-bond donors (Lipinski definition) is 0. The Morgan fingerprint density at radius 1 is 0.478 bits per heavy atom. The van der Waals surface area contributed by atoms with E-state index in [4.69, 9.17) is 0 Å². The Morgan fingerprint density at radius 3 is 1.30 bits per heavy atom. The molecule has 0 aliphatic rings. The second-order valence-electron chi connectivity index (χ2n) is 5.91. The first kappa shape index (κ1) is 14.7. The molecule has 0 heterocycles. The van der Waals surface area contributed by atoms with E-state index in [1.807, 2.05) is 0 Å². The second kappa shape index (κ2) is 5.97. The van der Waals surface area contributed by atoms with Crippen molar-refractivity contribution in [3.63, 3.8) is 0 Å². The molecule has 0 saturated carbocycles. The van der Waals surface area contributed by atoms with Crippen LogP contribution in [0.4, 0.5) is 0 Å². The summed E-state index contributed by atoms with van der Waals surface area (Å²) in [6.07, 6.45) is 0. The standard InChI is InChI=1S/C22H18I/c1-15-11-13-21(19-9-5-3-7-17(15)19)23-22-14-12-16(2)18-8-4-6-10-20(18)22/h3-14H,1-2H3/q+1. The minimum atomic E-state index is -0.201. The fraction of sp³-hybridized carbons (Fsp3) is 0.0909. The van der Waals surface area contributed by atoms with E-state index in [2.05, 4.69) is 86.6 Å². The van der Waals surface area contributed by atoms with Gasteiger partial charge >= 0.3 is 21.2 Å². The van der Waals surface area contributed by atoms with Gasteiger partial charge in [-0.15, -0.1) is 0 Å². The highest BCUT2D eigenvalue weighted by Gasteiger charge is 2.22. The maximum Gasteiger partial charge on any atom is 0.359 e. The van der Waals surface area contributed by atoms with Gasteiger partial charge in [-0.2, -0.15) is 0 Å². The molecule has 0 atom stereocenters. The molecule has 0 unspecified atom stereocenters. The number of halogens is 1. The van der Waals surface area contributed by atoms with Gasteiger partial charge in [0.05, 0.1) is 0 Å². The minimum absolute atomic E-state index is 0.201. The van der Waals surface area contributed by atoms with Crippen molar-refractivity contribution < 1.29 is 21.2 Å². The summed E-state index contributed by atoms with van der Waals surface area (Å²) >= 11 is -0.201. The van der Waals surface area contributed by atoms with Crippen molar-refractivity contribution in [2.24, 2.45) is 0 Å². The van der Waals surface area contributed by atoms with Crippen LogP contribution in [0, 0.1) is 21.0 Å². The lowest BCUT2D eigenvalue weighted by Crippen LogP contribution is -3.61. The van der Waals surface area contributed by atoms with E-state index in [-0.39, 0.29) is 21.2 Å². The van der Waals surface area contributed by atoms with Crippen LogP contribution in [0.2, 0.25) is 0 Å². The van der Waals surface area contributed by atoms with Crippen molar-refractivity contribution in [3.8, 4) is 0 Å². The predicted molar refractivity (Wildman–Crippen MR) is 94.8 cm³/mol. The van der Waals surface area contributed by atoms with Crippen LogP contribution in [0.15, 0.2) is 72.8 Å². The molecule has 4 rings (SSSR count). The molecule has 0 aliphatic heterocycles. The third kappa shape index (κ3) is 2.63.